The van der Waals surface area contributed by atoms with E-state index < -0.39 is 5.60 Å². The van der Waals surface area contributed by atoms with Gasteiger partial charge in [0.1, 0.15) is 15.6 Å². The summed E-state index contributed by atoms with van der Waals surface area (Å²) in [6.07, 6.45) is 2.79. The first-order valence-corrected chi connectivity index (χ1v) is 10.1. The van der Waals surface area contributed by atoms with Crippen molar-refractivity contribution >= 4 is 23.5 Å². The predicted molar refractivity (Wildman–Crippen MR) is 96.5 cm³/mol. The standard InChI is InChI=1S/C17H25N5O4S/c1-17(2,3)26-15(23)18-10-6-9(7-10)13-19-20-14(27-13)12-5-4-11-8-21(12)16(24)22(11)25/h9-12,25H,4-8H2,1-3H3,(H,18,23)/t9?,10?,11?,12-/m0/s1. The summed E-state index contributed by atoms with van der Waals surface area (Å²) >= 11 is 1.53. The lowest BCUT2D eigenvalue weighted by Gasteiger charge is -2.34. The summed E-state index contributed by atoms with van der Waals surface area (Å²) in [7, 11) is 0. The average Bonchev–Trinajstić information content (AvgIpc) is 3.10. The number of urea groups is 1. The van der Waals surface area contributed by atoms with Gasteiger partial charge < -0.3 is 15.0 Å². The molecule has 0 radical (unpaired) electrons. The van der Waals surface area contributed by atoms with Crippen LogP contribution in [0.4, 0.5) is 9.59 Å². The SMILES string of the molecule is CC(C)(C)OC(=O)NC1CC(c2nnc([C@@H]3CCC4CN3C(=O)N4O)s2)C1. The van der Waals surface area contributed by atoms with Gasteiger partial charge in [-0.1, -0.05) is 11.3 Å². The van der Waals surface area contributed by atoms with Gasteiger partial charge in [0.05, 0.1) is 12.1 Å². The molecule has 2 N–H and O–H groups in total. The van der Waals surface area contributed by atoms with Gasteiger partial charge in [0, 0.05) is 18.5 Å². The number of carbonyl (C=O) groups is 2. The van der Waals surface area contributed by atoms with Gasteiger partial charge in [0.25, 0.3) is 0 Å². The molecule has 3 amide bonds. The molecular weight excluding hydrogens is 370 g/mol. The summed E-state index contributed by atoms with van der Waals surface area (Å²) < 4.78 is 5.28. The van der Waals surface area contributed by atoms with Gasteiger partial charge in [0.15, 0.2) is 0 Å². The number of ether oxygens (including phenoxy) is 1. The van der Waals surface area contributed by atoms with Crippen LogP contribution >= 0.6 is 11.3 Å². The molecule has 1 unspecified atom stereocenters. The molecule has 1 aromatic heterocycles. The Morgan fingerprint density at radius 2 is 1.96 bits per heavy atom. The first kappa shape index (κ1) is 18.4. The van der Waals surface area contributed by atoms with Crippen LogP contribution in [0.15, 0.2) is 0 Å². The van der Waals surface area contributed by atoms with E-state index in [4.69, 9.17) is 4.74 Å². The maximum Gasteiger partial charge on any atom is 0.407 e. The van der Waals surface area contributed by atoms with E-state index in [9.17, 15) is 14.8 Å². The number of carbonyl (C=O) groups excluding carboxylic acids is 2. The summed E-state index contributed by atoms with van der Waals surface area (Å²) in [5, 5.41) is 24.0. The van der Waals surface area contributed by atoms with Crippen molar-refractivity contribution in [3.8, 4) is 0 Å². The number of hydrogen-bond acceptors (Lipinski definition) is 7. The van der Waals surface area contributed by atoms with E-state index in [2.05, 4.69) is 15.5 Å². The molecule has 1 aliphatic carbocycles. The Hall–Kier alpha value is -1.94. The van der Waals surface area contributed by atoms with Crippen molar-refractivity contribution < 1.29 is 19.5 Å². The molecule has 3 aliphatic rings. The number of piperidine rings is 1. The first-order valence-electron chi connectivity index (χ1n) is 9.33. The normalized spacial score (nSPS) is 30.3. The van der Waals surface area contributed by atoms with Crippen LogP contribution in [0.25, 0.3) is 0 Å². The van der Waals surface area contributed by atoms with Crippen molar-refractivity contribution in [2.75, 3.05) is 6.54 Å². The Morgan fingerprint density at radius 1 is 1.26 bits per heavy atom. The zero-order valence-electron chi connectivity index (χ0n) is 15.7. The van der Waals surface area contributed by atoms with E-state index in [1.807, 2.05) is 20.8 Å². The number of nitrogens with one attached hydrogen (secondary N) is 1. The summed E-state index contributed by atoms with van der Waals surface area (Å²) in [4.78, 5) is 25.6. The second kappa shape index (κ2) is 6.59. The number of aromatic nitrogens is 2. The summed E-state index contributed by atoms with van der Waals surface area (Å²) in [5.74, 6) is 0.274. The minimum Gasteiger partial charge on any atom is -0.444 e. The lowest BCUT2D eigenvalue weighted by Crippen LogP contribution is -2.45. The third-order valence-corrected chi connectivity index (χ3v) is 6.48. The van der Waals surface area contributed by atoms with Crippen molar-refractivity contribution in [3.63, 3.8) is 0 Å². The molecule has 2 atom stereocenters. The molecular formula is C17H25N5O4S. The van der Waals surface area contributed by atoms with Crippen LogP contribution < -0.4 is 5.32 Å². The van der Waals surface area contributed by atoms with E-state index in [-0.39, 0.29) is 36.2 Å². The lowest BCUT2D eigenvalue weighted by molar-refractivity contribution is -0.0584. The number of nitrogens with zero attached hydrogens (tertiary/aromatic N) is 4. The van der Waals surface area contributed by atoms with Gasteiger partial charge >= 0.3 is 12.1 Å². The minimum absolute atomic E-state index is 0.0933. The minimum atomic E-state index is -0.502. The monoisotopic (exact) mass is 395 g/mol. The van der Waals surface area contributed by atoms with Gasteiger partial charge in [-0.05, 0) is 46.5 Å². The maximum atomic E-state index is 12.1. The number of alkyl carbamates (subject to hydrolysis) is 1. The second-order valence-electron chi connectivity index (χ2n) is 8.52. The summed E-state index contributed by atoms with van der Waals surface area (Å²) in [6, 6.07) is -0.458. The topological polar surface area (TPSA) is 108 Å². The third kappa shape index (κ3) is 3.60. The van der Waals surface area contributed by atoms with Crippen LogP contribution in [-0.4, -0.2) is 61.7 Å². The van der Waals surface area contributed by atoms with E-state index in [1.165, 1.54) is 11.3 Å². The van der Waals surface area contributed by atoms with E-state index in [0.29, 0.717) is 6.54 Å². The van der Waals surface area contributed by atoms with Crippen molar-refractivity contribution in [3.05, 3.63) is 10.0 Å². The van der Waals surface area contributed by atoms with Crippen molar-refractivity contribution in [1.29, 1.82) is 0 Å². The predicted octanol–water partition coefficient (Wildman–Crippen LogP) is 2.64. The Labute approximate surface area is 161 Å². The number of rotatable bonds is 3. The molecule has 2 bridgehead atoms. The Balaban J connectivity index is 1.32. The number of fused-ring (bicyclic) bond motifs is 2. The average molecular weight is 395 g/mol. The Morgan fingerprint density at radius 3 is 2.67 bits per heavy atom. The number of hydrogen-bond donors (Lipinski definition) is 2. The Kier molecular flexibility index (Phi) is 4.50. The molecule has 1 saturated carbocycles. The molecule has 3 heterocycles. The van der Waals surface area contributed by atoms with Gasteiger partial charge in [-0.3, -0.25) is 5.21 Å². The van der Waals surface area contributed by atoms with E-state index in [1.54, 1.807) is 4.90 Å². The lowest BCUT2D eigenvalue weighted by atomic mass is 9.81. The maximum absolute atomic E-state index is 12.1. The van der Waals surface area contributed by atoms with Gasteiger partial charge in [0.2, 0.25) is 0 Å². The van der Waals surface area contributed by atoms with Gasteiger partial charge in [-0.25, -0.2) is 14.7 Å². The third-order valence-electron chi connectivity index (χ3n) is 5.29. The molecule has 2 aliphatic heterocycles. The highest BCUT2D eigenvalue weighted by molar-refractivity contribution is 7.11. The zero-order chi connectivity index (χ0) is 19.3. The molecule has 4 rings (SSSR count). The summed E-state index contributed by atoms with van der Waals surface area (Å²) in [6.45, 7) is 6.06. The van der Waals surface area contributed by atoms with Crippen LogP contribution in [0, 0.1) is 0 Å². The van der Waals surface area contributed by atoms with Crippen LogP contribution in [-0.2, 0) is 4.74 Å². The van der Waals surface area contributed by atoms with E-state index in [0.717, 1.165) is 40.8 Å². The fraction of sp³-hybridized carbons (Fsp3) is 0.765. The van der Waals surface area contributed by atoms with Crippen molar-refractivity contribution in [1.82, 2.24) is 25.5 Å². The van der Waals surface area contributed by atoms with Gasteiger partial charge in [-0.15, -0.1) is 10.2 Å². The fourth-order valence-electron chi connectivity index (χ4n) is 3.87. The smallest absolute Gasteiger partial charge is 0.407 e. The highest BCUT2D eigenvalue weighted by atomic mass is 32.1. The molecule has 2 saturated heterocycles. The molecule has 0 spiro atoms. The number of hydroxylamine groups is 2. The first-order chi connectivity index (χ1) is 12.7. The van der Waals surface area contributed by atoms with Crippen LogP contribution in [0.3, 0.4) is 0 Å². The molecule has 27 heavy (non-hydrogen) atoms. The molecule has 10 heteroatoms. The molecule has 0 aromatic carbocycles. The quantitative estimate of drug-likeness (QED) is 0.762. The number of amides is 3. The molecule has 1 aromatic rings. The van der Waals surface area contributed by atoms with Gasteiger partial charge in [-0.2, -0.15) is 0 Å². The molecule has 3 fully saturated rings. The summed E-state index contributed by atoms with van der Waals surface area (Å²) in [5.41, 5.74) is -0.502. The molecule has 9 nitrogen and oxygen atoms in total. The largest absolute Gasteiger partial charge is 0.444 e. The molecule has 148 valence electrons. The van der Waals surface area contributed by atoms with Crippen LogP contribution in [0.2, 0.25) is 0 Å². The fourth-order valence-corrected chi connectivity index (χ4v) is 4.98. The van der Waals surface area contributed by atoms with Crippen molar-refractivity contribution in [2.24, 2.45) is 0 Å². The highest BCUT2D eigenvalue weighted by Crippen LogP contribution is 2.42. The zero-order valence-corrected chi connectivity index (χ0v) is 16.5. The van der Waals surface area contributed by atoms with Crippen LogP contribution in [0.1, 0.15) is 68.4 Å². The van der Waals surface area contributed by atoms with E-state index >= 15 is 0 Å². The second-order valence-corrected chi connectivity index (χ2v) is 9.56. The highest BCUT2D eigenvalue weighted by Gasteiger charge is 2.46. The Bertz CT molecular complexity index is 742. The van der Waals surface area contributed by atoms with Crippen LogP contribution in [0.5, 0.6) is 0 Å². The van der Waals surface area contributed by atoms with Crippen molar-refractivity contribution in [2.45, 2.75) is 76.1 Å².